The Kier molecular flexibility index (Phi) is 5.17. The smallest absolute Gasteiger partial charge is 0.258 e. The van der Waals surface area contributed by atoms with Crippen molar-refractivity contribution in [3.8, 4) is 0 Å². The molecule has 2 aromatic rings. The number of nitrogens with zero attached hydrogens (tertiary/aromatic N) is 1. The van der Waals surface area contributed by atoms with Crippen molar-refractivity contribution in [3.63, 3.8) is 0 Å². The van der Waals surface area contributed by atoms with Gasteiger partial charge in [0.15, 0.2) is 0 Å². The van der Waals surface area contributed by atoms with Gasteiger partial charge in [0.05, 0.1) is 10.5 Å². The van der Waals surface area contributed by atoms with Crippen molar-refractivity contribution in [2.45, 2.75) is 37.8 Å². The fraction of sp³-hybridized carbons (Fsp3) is 0.368. The van der Waals surface area contributed by atoms with Crippen LogP contribution in [0.1, 0.15) is 41.9 Å². The molecule has 144 valence electrons. The van der Waals surface area contributed by atoms with Crippen LogP contribution in [0.5, 0.6) is 0 Å². The molecule has 8 heteroatoms. The van der Waals surface area contributed by atoms with Gasteiger partial charge in [0, 0.05) is 6.07 Å². The third-order valence-corrected chi connectivity index (χ3v) is 5.04. The summed E-state index contributed by atoms with van der Waals surface area (Å²) in [6.45, 7) is 0. The summed E-state index contributed by atoms with van der Waals surface area (Å²) in [5.41, 5.74) is -0.796. The van der Waals surface area contributed by atoms with E-state index in [0.717, 1.165) is 30.7 Å². The summed E-state index contributed by atoms with van der Waals surface area (Å²) < 4.78 is 65.8. The van der Waals surface area contributed by atoms with Crippen molar-refractivity contribution in [3.05, 3.63) is 74.8 Å². The first-order valence-electron chi connectivity index (χ1n) is 8.44. The van der Waals surface area contributed by atoms with E-state index >= 15 is 0 Å². The van der Waals surface area contributed by atoms with Gasteiger partial charge in [-0.05, 0) is 66.8 Å². The summed E-state index contributed by atoms with van der Waals surface area (Å²) in [5.74, 6) is -2.20. The highest BCUT2D eigenvalue weighted by Gasteiger charge is 2.35. The first-order valence-corrected chi connectivity index (χ1v) is 8.44. The number of halogens is 5. The van der Waals surface area contributed by atoms with Gasteiger partial charge >= 0.3 is 11.9 Å². The molecule has 2 aromatic carbocycles. The lowest BCUT2D eigenvalue weighted by Gasteiger charge is -2.15. The van der Waals surface area contributed by atoms with E-state index in [2.05, 4.69) is 0 Å². The van der Waals surface area contributed by atoms with E-state index in [-0.39, 0.29) is 11.8 Å². The van der Waals surface area contributed by atoms with Crippen LogP contribution < -0.4 is 0 Å². The summed E-state index contributed by atoms with van der Waals surface area (Å²) in [6, 6.07) is 6.83. The summed E-state index contributed by atoms with van der Waals surface area (Å²) in [5, 5.41) is 10.7. The number of nitro groups is 1. The van der Waals surface area contributed by atoms with Gasteiger partial charge in [-0.15, -0.1) is 0 Å². The molecule has 0 radical (unpaired) electrons. The molecule has 3 nitrogen and oxygen atoms in total. The van der Waals surface area contributed by atoms with Crippen LogP contribution in [-0.2, 0) is 12.6 Å². The first kappa shape index (κ1) is 19.3. The van der Waals surface area contributed by atoms with Crippen molar-refractivity contribution >= 4 is 5.69 Å². The van der Waals surface area contributed by atoms with Gasteiger partial charge in [0.2, 0.25) is 5.82 Å². The molecule has 0 aromatic heterocycles. The molecule has 0 N–H and O–H groups in total. The van der Waals surface area contributed by atoms with Gasteiger partial charge in [0.25, 0.3) is 0 Å². The Balaban J connectivity index is 1.71. The highest BCUT2D eigenvalue weighted by Crippen LogP contribution is 2.42. The normalized spacial score (nSPS) is 20.0. The average molecular weight is 385 g/mol. The molecule has 27 heavy (non-hydrogen) atoms. The second-order valence-corrected chi connectivity index (χ2v) is 6.86. The monoisotopic (exact) mass is 385 g/mol. The summed E-state index contributed by atoms with van der Waals surface area (Å²) in [7, 11) is 0. The summed E-state index contributed by atoms with van der Waals surface area (Å²) >= 11 is 0. The molecule has 0 amide bonds. The lowest BCUT2D eigenvalue weighted by Crippen LogP contribution is -2.09. The molecule has 0 aliphatic heterocycles. The Morgan fingerprint density at radius 3 is 2.41 bits per heavy atom. The first-order chi connectivity index (χ1) is 12.6. The Hall–Kier alpha value is -2.51. The molecule has 1 aliphatic carbocycles. The number of nitro benzene ring substituents is 1. The van der Waals surface area contributed by atoms with Crippen LogP contribution in [0, 0.1) is 27.7 Å². The zero-order valence-electron chi connectivity index (χ0n) is 14.1. The lowest BCUT2D eigenvalue weighted by molar-refractivity contribution is -0.387. The minimum atomic E-state index is -4.74. The molecule has 0 saturated heterocycles. The Labute approximate surface area is 152 Å². The molecule has 2 atom stereocenters. The topological polar surface area (TPSA) is 43.1 Å². The van der Waals surface area contributed by atoms with Gasteiger partial charge in [-0.2, -0.15) is 17.6 Å². The molecule has 0 spiro atoms. The predicted molar refractivity (Wildman–Crippen MR) is 88.2 cm³/mol. The number of benzene rings is 2. The largest absolute Gasteiger partial charge is 0.419 e. The fourth-order valence-electron chi connectivity index (χ4n) is 3.74. The highest BCUT2D eigenvalue weighted by atomic mass is 19.4. The quantitative estimate of drug-likeness (QED) is 0.367. The van der Waals surface area contributed by atoms with Crippen molar-refractivity contribution in [1.82, 2.24) is 0 Å². The van der Waals surface area contributed by atoms with E-state index in [0.29, 0.717) is 30.4 Å². The van der Waals surface area contributed by atoms with E-state index in [9.17, 15) is 32.1 Å². The summed E-state index contributed by atoms with van der Waals surface area (Å²) in [6.07, 6.45) is -2.26. The molecular formula is C19H16F5NO2. The van der Waals surface area contributed by atoms with Gasteiger partial charge < -0.3 is 0 Å². The van der Waals surface area contributed by atoms with E-state index in [1.807, 2.05) is 0 Å². The number of alkyl halides is 3. The van der Waals surface area contributed by atoms with Gasteiger partial charge in [-0.1, -0.05) is 12.1 Å². The molecule has 1 fully saturated rings. The van der Waals surface area contributed by atoms with Crippen molar-refractivity contribution in [1.29, 1.82) is 0 Å². The minimum absolute atomic E-state index is 0.121. The average Bonchev–Trinajstić information content (AvgIpc) is 3.02. The third kappa shape index (κ3) is 4.26. The van der Waals surface area contributed by atoms with Gasteiger partial charge in [0.1, 0.15) is 5.82 Å². The fourth-order valence-corrected chi connectivity index (χ4v) is 3.74. The molecular weight excluding hydrogens is 369 g/mol. The molecule has 3 rings (SSSR count). The zero-order chi connectivity index (χ0) is 19.8. The summed E-state index contributed by atoms with van der Waals surface area (Å²) in [4.78, 5) is 9.86. The number of hydrogen-bond donors (Lipinski definition) is 0. The third-order valence-electron chi connectivity index (χ3n) is 5.04. The van der Waals surface area contributed by atoms with Crippen LogP contribution in [0.15, 0.2) is 36.4 Å². The maximum atomic E-state index is 13.7. The second kappa shape index (κ2) is 7.25. The molecule has 0 heterocycles. The van der Waals surface area contributed by atoms with Crippen LogP contribution in [0.2, 0.25) is 0 Å². The highest BCUT2D eigenvalue weighted by molar-refractivity contribution is 5.35. The van der Waals surface area contributed by atoms with Crippen LogP contribution in [0.3, 0.4) is 0 Å². The SMILES string of the molecule is O=[N+]([O-])c1ccc(CC2CCC(c3ccc(F)c(C(F)(F)F)c3)C2)cc1F. The predicted octanol–water partition coefficient (Wildman–Crippen LogP) is 6.02. The zero-order valence-corrected chi connectivity index (χ0v) is 14.1. The van der Waals surface area contributed by atoms with Gasteiger partial charge in [-0.3, -0.25) is 10.1 Å². The number of rotatable bonds is 4. The van der Waals surface area contributed by atoms with Crippen molar-refractivity contribution in [2.75, 3.05) is 0 Å². The Morgan fingerprint density at radius 2 is 1.78 bits per heavy atom. The van der Waals surface area contributed by atoms with Crippen LogP contribution in [0.4, 0.5) is 27.6 Å². The molecule has 2 unspecified atom stereocenters. The van der Waals surface area contributed by atoms with E-state index in [1.54, 1.807) is 0 Å². The van der Waals surface area contributed by atoms with Crippen LogP contribution >= 0.6 is 0 Å². The Bertz CT molecular complexity index is 866. The van der Waals surface area contributed by atoms with Crippen LogP contribution in [-0.4, -0.2) is 4.92 Å². The molecule has 1 saturated carbocycles. The Morgan fingerprint density at radius 1 is 1.04 bits per heavy atom. The van der Waals surface area contributed by atoms with Crippen molar-refractivity contribution < 1.29 is 26.9 Å². The van der Waals surface area contributed by atoms with Gasteiger partial charge in [-0.25, -0.2) is 4.39 Å². The maximum Gasteiger partial charge on any atom is 0.419 e. The van der Waals surface area contributed by atoms with Crippen molar-refractivity contribution in [2.24, 2.45) is 5.92 Å². The standard InChI is InChI=1S/C19H16F5NO2/c20-16-5-4-14(10-15(16)19(22,23)24)13-3-1-11(8-13)7-12-2-6-18(25(26)27)17(21)9-12/h2,4-6,9-11,13H,1,3,7-8H2. The second-order valence-electron chi connectivity index (χ2n) is 6.86. The molecule has 1 aliphatic rings. The van der Waals surface area contributed by atoms with E-state index in [4.69, 9.17) is 0 Å². The minimum Gasteiger partial charge on any atom is -0.258 e. The number of hydrogen-bond acceptors (Lipinski definition) is 2. The molecule has 0 bridgehead atoms. The van der Waals surface area contributed by atoms with Crippen LogP contribution in [0.25, 0.3) is 0 Å². The van der Waals surface area contributed by atoms with E-state index in [1.165, 1.54) is 12.1 Å². The van der Waals surface area contributed by atoms with E-state index < -0.39 is 34.0 Å². The lowest BCUT2D eigenvalue weighted by atomic mass is 9.92. The maximum absolute atomic E-state index is 13.7.